The van der Waals surface area contributed by atoms with Crippen molar-refractivity contribution in [3.05, 3.63) is 34.9 Å². The summed E-state index contributed by atoms with van der Waals surface area (Å²) in [6.45, 7) is 10.3. The van der Waals surface area contributed by atoms with E-state index in [1.165, 1.54) is 0 Å². The molecule has 3 heteroatoms. The van der Waals surface area contributed by atoms with Crippen LogP contribution < -0.4 is 0 Å². The van der Waals surface area contributed by atoms with Gasteiger partial charge in [0, 0.05) is 16.1 Å². The van der Waals surface area contributed by atoms with E-state index in [1.807, 2.05) is 24.3 Å². The fourth-order valence-electron chi connectivity index (χ4n) is 2.57. The highest BCUT2D eigenvalue weighted by Crippen LogP contribution is 2.36. The SMILES string of the molecule is CCN(CC)C(C)(CC)C(O)c1ccccc1Cl. The van der Waals surface area contributed by atoms with Gasteiger partial charge in [0.2, 0.25) is 0 Å². The molecule has 0 saturated carbocycles. The van der Waals surface area contributed by atoms with Gasteiger partial charge in [0.05, 0.1) is 6.10 Å². The number of likely N-dealkylation sites (N-methyl/N-ethyl adjacent to an activating group) is 1. The molecule has 1 rings (SSSR count). The van der Waals surface area contributed by atoms with Crippen LogP contribution in [0.2, 0.25) is 5.02 Å². The molecule has 102 valence electrons. The Morgan fingerprint density at radius 1 is 1.22 bits per heavy atom. The van der Waals surface area contributed by atoms with Crippen LogP contribution in [-0.2, 0) is 0 Å². The van der Waals surface area contributed by atoms with Crippen LogP contribution in [0.4, 0.5) is 0 Å². The minimum Gasteiger partial charge on any atom is -0.386 e. The van der Waals surface area contributed by atoms with Crippen molar-refractivity contribution in [2.75, 3.05) is 13.1 Å². The lowest BCUT2D eigenvalue weighted by molar-refractivity contribution is -0.0213. The quantitative estimate of drug-likeness (QED) is 0.847. The number of hydrogen-bond acceptors (Lipinski definition) is 2. The molecule has 0 heterocycles. The van der Waals surface area contributed by atoms with Crippen molar-refractivity contribution in [3.63, 3.8) is 0 Å². The van der Waals surface area contributed by atoms with E-state index in [4.69, 9.17) is 11.6 Å². The first-order valence-electron chi connectivity index (χ1n) is 6.68. The molecule has 2 atom stereocenters. The zero-order chi connectivity index (χ0) is 13.8. The average Bonchev–Trinajstić information content (AvgIpc) is 2.39. The molecule has 0 fully saturated rings. The fraction of sp³-hybridized carbons (Fsp3) is 0.600. The Morgan fingerprint density at radius 2 is 1.78 bits per heavy atom. The fourth-order valence-corrected chi connectivity index (χ4v) is 2.81. The molecular weight excluding hydrogens is 246 g/mol. The lowest BCUT2D eigenvalue weighted by atomic mass is 9.85. The van der Waals surface area contributed by atoms with Crippen molar-refractivity contribution < 1.29 is 5.11 Å². The van der Waals surface area contributed by atoms with Gasteiger partial charge >= 0.3 is 0 Å². The number of aliphatic hydroxyl groups excluding tert-OH is 1. The monoisotopic (exact) mass is 269 g/mol. The van der Waals surface area contributed by atoms with Crippen LogP contribution in [0.15, 0.2) is 24.3 Å². The third-order valence-corrected chi connectivity index (χ3v) is 4.33. The summed E-state index contributed by atoms with van der Waals surface area (Å²) in [6, 6.07) is 7.55. The molecule has 0 aromatic heterocycles. The van der Waals surface area contributed by atoms with Gasteiger partial charge in [-0.25, -0.2) is 0 Å². The second-order valence-electron chi connectivity index (χ2n) is 4.81. The molecule has 0 amide bonds. The number of hydrogen-bond donors (Lipinski definition) is 1. The van der Waals surface area contributed by atoms with Gasteiger partial charge in [-0.3, -0.25) is 4.90 Å². The molecule has 0 aliphatic carbocycles. The molecule has 1 N–H and O–H groups in total. The third-order valence-electron chi connectivity index (χ3n) is 3.99. The van der Waals surface area contributed by atoms with Gasteiger partial charge in [0.1, 0.15) is 0 Å². The van der Waals surface area contributed by atoms with E-state index >= 15 is 0 Å². The summed E-state index contributed by atoms with van der Waals surface area (Å²) in [7, 11) is 0. The summed E-state index contributed by atoms with van der Waals surface area (Å²) >= 11 is 6.19. The molecule has 2 unspecified atom stereocenters. The minimum atomic E-state index is -0.573. The first-order chi connectivity index (χ1) is 8.51. The Morgan fingerprint density at radius 3 is 2.22 bits per heavy atom. The van der Waals surface area contributed by atoms with E-state index in [0.717, 1.165) is 25.1 Å². The van der Waals surface area contributed by atoms with E-state index in [-0.39, 0.29) is 5.54 Å². The minimum absolute atomic E-state index is 0.283. The first kappa shape index (κ1) is 15.5. The summed E-state index contributed by atoms with van der Waals surface area (Å²) in [4.78, 5) is 2.29. The Kier molecular flexibility index (Phi) is 5.64. The van der Waals surface area contributed by atoms with Gasteiger partial charge in [0.15, 0.2) is 0 Å². The zero-order valence-corrected chi connectivity index (χ0v) is 12.5. The van der Waals surface area contributed by atoms with Crippen molar-refractivity contribution in [1.82, 2.24) is 4.90 Å². The molecule has 18 heavy (non-hydrogen) atoms. The molecule has 0 aliphatic rings. The molecule has 0 bridgehead atoms. The third kappa shape index (κ3) is 2.87. The van der Waals surface area contributed by atoms with E-state index in [1.54, 1.807) is 0 Å². The van der Waals surface area contributed by atoms with Gasteiger partial charge in [-0.1, -0.05) is 50.6 Å². The van der Waals surface area contributed by atoms with Crippen LogP contribution in [0.25, 0.3) is 0 Å². The maximum absolute atomic E-state index is 10.7. The van der Waals surface area contributed by atoms with Gasteiger partial charge in [-0.2, -0.15) is 0 Å². The van der Waals surface area contributed by atoms with Crippen LogP contribution >= 0.6 is 11.6 Å². The Hall–Kier alpha value is -0.570. The molecule has 0 aliphatic heterocycles. The highest BCUT2D eigenvalue weighted by atomic mass is 35.5. The zero-order valence-electron chi connectivity index (χ0n) is 11.8. The van der Waals surface area contributed by atoms with E-state index in [0.29, 0.717) is 5.02 Å². The van der Waals surface area contributed by atoms with Crippen LogP contribution in [-0.4, -0.2) is 28.6 Å². The highest BCUT2D eigenvalue weighted by Gasteiger charge is 2.37. The van der Waals surface area contributed by atoms with Crippen LogP contribution in [0.5, 0.6) is 0 Å². The number of nitrogens with zero attached hydrogens (tertiary/aromatic N) is 1. The molecule has 1 aromatic carbocycles. The summed E-state index contributed by atoms with van der Waals surface area (Å²) in [5, 5.41) is 11.4. The summed E-state index contributed by atoms with van der Waals surface area (Å²) in [5.41, 5.74) is 0.532. The topological polar surface area (TPSA) is 23.5 Å². The Labute approximate surface area is 116 Å². The van der Waals surface area contributed by atoms with Gasteiger partial charge in [0.25, 0.3) is 0 Å². The second kappa shape index (κ2) is 6.55. The number of rotatable bonds is 6. The van der Waals surface area contributed by atoms with Crippen LogP contribution in [0.1, 0.15) is 45.8 Å². The summed E-state index contributed by atoms with van der Waals surface area (Å²) in [5.74, 6) is 0. The molecule has 0 radical (unpaired) electrons. The molecular formula is C15H24ClNO. The molecule has 2 nitrogen and oxygen atoms in total. The lowest BCUT2D eigenvalue weighted by Gasteiger charge is -2.43. The normalized spacial score (nSPS) is 16.6. The maximum atomic E-state index is 10.7. The first-order valence-corrected chi connectivity index (χ1v) is 7.06. The van der Waals surface area contributed by atoms with Crippen molar-refractivity contribution in [3.8, 4) is 0 Å². The van der Waals surface area contributed by atoms with Gasteiger partial charge < -0.3 is 5.11 Å². The van der Waals surface area contributed by atoms with Gasteiger partial charge in [-0.05, 0) is 32.5 Å². The van der Waals surface area contributed by atoms with Crippen molar-refractivity contribution in [1.29, 1.82) is 0 Å². The molecule has 0 saturated heterocycles. The van der Waals surface area contributed by atoms with Crippen molar-refractivity contribution >= 4 is 11.6 Å². The van der Waals surface area contributed by atoms with Crippen LogP contribution in [0.3, 0.4) is 0 Å². The van der Waals surface area contributed by atoms with Crippen LogP contribution in [0, 0.1) is 0 Å². The van der Waals surface area contributed by atoms with E-state index < -0.39 is 6.10 Å². The Balaban J connectivity index is 3.12. The van der Waals surface area contributed by atoms with Crippen molar-refractivity contribution in [2.45, 2.75) is 45.8 Å². The number of benzene rings is 1. The molecule has 0 spiro atoms. The van der Waals surface area contributed by atoms with Crippen molar-refractivity contribution in [2.24, 2.45) is 0 Å². The largest absolute Gasteiger partial charge is 0.386 e. The summed E-state index contributed by atoms with van der Waals surface area (Å²) < 4.78 is 0. The smallest absolute Gasteiger partial charge is 0.0985 e. The molecule has 1 aromatic rings. The lowest BCUT2D eigenvalue weighted by Crippen LogP contribution is -2.50. The predicted molar refractivity (Wildman–Crippen MR) is 78.0 cm³/mol. The predicted octanol–water partition coefficient (Wildman–Crippen LogP) is 3.88. The average molecular weight is 270 g/mol. The number of halogens is 1. The van der Waals surface area contributed by atoms with E-state index in [9.17, 15) is 5.11 Å². The summed E-state index contributed by atoms with van der Waals surface area (Å²) in [6.07, 6.45) is 0.303. The highest BCUT2D eigenvalue weighted by molar-refractivity contribution is 6.31. The van der Waals surface area contributed by atoms with Gasteiger partial charge in [-0.15, -0.1) is 0 Å². The second-order valence-corrected chi connectivity index (χ2v) is 5.21. The Bertz CT molecular complexity index is 379. The standard InChI is InChI=1S/C15H24ClNO/c1-5-15(4,17(6-2)7-3)14(18)12-10-8-9-11-13(12)16/h8-11,14,18H,5-7H2,1-4H3. The van der Waals surface area contributed by atoms with E-state index in [2.05, 4.69) is 32.6 Å². The maximum Gasteiger partial charge on any atom is 0.0985 e. The number of aliphatic hydroxyl groups is 1.